The summed E-state index contributed by atoms with van der Waals surface area (Å²) in [5, 5.41) is 0. The van der Waals surface area contributed by atoms with Crippen molar-refractivity contribution in [3.8, 4) is 17.1 Å². The number of hydrogen-bond donors (Lipinski definition) is 0. The normalized spacial score (nSPS) is 10.6. The fourth-order valence-electron chi connectivity index (χ4n) is 2.92. The Morgan fingerprint density at radius 1 is 1.07 bits per heavy atom. The first-order valence-electron chi connectivity index (χ1n) is 8.78. The van der Waals surface area contributed by atoms with E-state index in [4.69, 9.17) is 9.15 Å². The van der Waals surface area contributed by atoms with Gasteiger partial charge in [-0.1, -0.05) is 30.3 Å². The molecule has 0 saturated heterocycles. The zero-order valence-electron chi connectivity index (χ0n) is 15.4. The molecule has 3 rings (SSSR count). The number of carbonyl (C=O) groups is 1. The van der Waals surface area contributed by atoms with Crippen molar-refractivity contribution in [2.75, 3.05) is 14.2 Å². The van der Waals surface area contributed by atoms with Crippen LogP contribution in [0.15, 0.2) is 65.1 Å². The van der Waals surface area contributed by atoms with Crippen LogP contribution in [0.3, 0.4) is 0 Å². The van der Waals surface area contributed by atoms with E-state index in [0.29, 0.717) is 36.5 Å². The number of methoxy groups -OCH3 is 1. The summed E-state index contributed by atoms with van der Waals surface area (Å²) in [7, 11) is 3.38. The molecule has 1 amide bonds. The molecule has 1 aromatic heterocycles. The number of aryl methyl sites for hydroxylation is 1. The van der Waals surface area contributed by atoms with Crippen LogP contribution in [-0.4, -0.2) is 25.0 Å². The molecule has 0 spiro atoms. The first-order chi connectivity index (χ1) is 13.1. The summed E-state index contributed by atoms with van der Waals surface area (Å²) in [5.74, 6) is 1.57. The summed E-state index contributed by atoms with van der Waals surface area (Å²) in [6.07, 6.45) is 0.777. The lowest BCUT2D eigenvalue weighted by Gasteiger charge is -2.18. The molecule has 4 nitrogen and oxygen atoms in total. The third kappa shape index (κ3) is 4.56. The predicted octanol–water partition coefficient (Wildman–Crippen LogP) is 4.69. The van der Waals surface area contributed by atoms with Crippen molar-refractivity contribution in [2.24, 2.45) is 0 Å². The van der Waals surface area contributed by atoms with E-state index in [1.165, 1.54) is 6.07 Å². The van der Waals surface area contributed by atoms with E-state index in [1.807, 2.05) is 24.3 Å². The zero-order chi connectivity index (χ0) is 19.2. The Morgan fingerprint density at radius 2 is 1.81 bits per heavy atom. The maximum absolute atomic E-state index is 13.8. The number of benzene rings is 2. The number of hydrogen-bond acceptors (Lipinski definition) is 3. The molecule has 0 saturated carbocycles. The number of ether oxygens (including phenoxy) is 1. The van der Waals surface area contributed by atoms with Gasteiger partial charge < -0.3 is 14.1 Å². The summed E-state index contributed by atoms with van der Waals surface area (Å²) in [4.78, 5) is 14.1. The first-order valence-corrected chi connectivity index (χ1v) is 8.78. The molecule has 1 heterocycles. The fourth-order valence-corrected chi connectivity index (χ4v) is 2.92. The van der Waals surface area contributed by atoms with Crippen molar-refractivity contribution in [2.45, 2.75) is 19.4 Å². The van der Waals surface area contributed by atoms with E-state index >= 15 is 0 Å². The van der Waals surface area contributed by atoms with Gasteiger partial charge in [0.1, 0.15) is 23.1 Å². The van der Waals surface area contributed by atoms with Crippen LogP contribution in [0.25, 0.3) is 11.3 Å². The predicted molar refractivity (Wildman–Crippen MR) is 102 cm³/mol. The Labute approximate surface area is 158 Å². The topological polar surface area (TPSA) is 42.7 Å². The monoisotopic (exact) mass is 367 g/mol. The van der Waals surface area contributed by atoms with Crippen molar-refractivity contribution in [1.82, 2.24) is 4.90 Å². The van der Waals surface area contributed by atoms with Gasteiger partial charge in [-0.25, -0.2) is 4.39 Å². The molecule has 0 atom stereocenters. The highest BCUT2D eigenvalue weighted by Gasteiger charge is 2.14. The number of halogens is 1. The van der Waals surface area contributed by atoms with Gasteiger partial charge in [0.25, 0.3) is 0 Å². The molecule has 0 bridgehead atoms. The molecule has 0 N–H and O–H groups in total. The summed E-state index contributed by atoms with van der Waals surface area (Å²) >= 11 is 0. The molecule has 0 aliphatic rings. The molecule has 0 unspecified atom stereocenters. The Kier molecular flexibility index (Phi) is 5.91. The van der Waals surface area contributed by atoms with Gasteiger partial charge in [0.2, 0.25) is 5.91 Å². The first kappa shape index (κ1) is 18.7. The highest BCUT2D eigenvalue weighted by molar-refractivity contribution is 5.76. The van der Waals surface area contributed by atoms with Crippen LogP contribution in [0.5, 0.6) is 5.75 Å². The number of para-hydroxylation sites is 1. The van der Waals surface area contributed by atoms with E-state index < -0.39 is 0 Å². The summed E-state index contributed by atoms with van der Waals surface area (Å²) < 4.78 is 24.9. The molecule has 3 aromatic rings. The Balaban J connectivity index is 1.58. The van der Waals surface area contributed by atoms with Gasteiger partial charge >= 0.3 is 0 Å². The zero-order valence-corrected chi connectivity index (χ0v) is 15.4. The molecule has 5 heteroatoms. The smallest absolute Gasteiger partial charge is 0.223 e. The van der Waals surface area contributed by atoms with E-state index in [1.54, 1.807) is 49.4 Å². The van der Waals surface area contributed by atoms with Gasteiger partial charge in [-0.15, -0.1) is 0 Å². The van der Waals surface area contributed by atoms with Gasteiger partial charge in [0, 0.05) is 32.0 Å². The number of rotatable bonds is 7. The third-order valence-corrected chi connectivity index (χ3v) is 4.41. The van der Waals surface area contributed by atoms with E-state index in [9.17, 15) is 9.18 Å². The number of carbonyl (C=O) groups excluding carboxylic acids is 1. The second kappa shape index (κ2) is 8.54. The highest BCUT2D eigenvalue weighted by Crippen LogP contribution is 2.25. The number of nitrogens with zero attached hydrogens (tertiary/aromatic N) is 1. The molecule has 0 fully saturated rings. The molecular formula is C22H22FNO3. The SMILES string of the molecule is COc1ccccc1CN(C)C(=O)CCc1ccc(-c2ccccc2F)o1. The van der Waals surface area contributed by atoms with Crippen LogP contribution in [0, 0.1) is 5.82 Å². The number of amides is 1. The van der Waals surface area contributed by atoms with E-state index in [-0.39, 0.29) is 11.7 Å². The van der Waals surface area contributed by atoms with Gasteiger partial charge in [-0.05, 0) is 30.3 Å². The second-order valence-corrected chi connectivity index (χ2v) is 6.31. The largest absolute Gasteiger partial charge is 0.496 e. The van der Waals surface area contributed by atoms with Crippen molar-refractivity contribution in [1.29, 1.82) is 0 Å². The Hall–Kier alpha value is -3.08. The van der Waals surface area contributed by atoms with Crippen LogP contribution in [0.4, 0.5) is 4.39 Å². The average molecular weight is 367 g/mol. The minimum absolute atomic E-state index is 0.00440. The molecule has 140 valence electrons. The highest BCUT2D eigenvalue weighted by atomic mass is 19.1. The molecular weight excluding hydrogens is 345 g/mol. The van der Waals surface area contributed by atoms with Crippen molar-refractivity contribution in [3.63, 3.8) is 0 Å². The minimum atomic E-state index is -0.328. The summed E-state index contributed by atoms with van der Waals surface area (Å²) in [5.41, 5.74) is 1.37. The molecule has 2 aromatic carbocycles. The average Bonchev–Trinajstić information content (AvgIpc) is 3.15. The maximum atomic E-state index is 13.8. The van der Waals surface area contributed by atoms with Gasteiger partial charge in [0.15, 0.2) is 0 Å². The standard InChI is InChI=1S/C22H22FNO3/c1-24(15-16-7-3-6-10-20(16)26-2)22(25)14-12-17-11-13-21(27-17)18-8-4-5-9-19(18)23/h3-11,13H,12,14-15H2,1-2H3. The van der Waals surface area contributed by atoms with Crippen molar-refractivity contribution < 1.29 is 18.3 Å². The van der Waals surface area contributed by atoms with Gasteiger partial charge in [-0.3, -0.25) is 4.79 Å². The lowest BCUT2D eigenvalue weighted by molar-refractivity contribution is -0.130. The van der Waals surface area contributed by atoms with E-state index in [0.717, 1.165) is 11.3 Å². The van der Waals surface area contributed by atoms with Crippen LogP contribution in [0.1, 0.15) is 17.7 Å². The maximum Gasteiger partial charge on any atom is 0.223 e. The molecule has 0 aliphatic carbocycles. The molecule has 0 radical (unpaired) electrons. The van der Waals surface area contributed by atoms with Crippen LogP contribution in [0.2, 0.25) is 0 Å². The minimum Gasteiger partial charge on any atom is -0.496 e. The van der Waals surface area contributed by atoms with Crippen LogP contribution < -0.4 is 4.74 Å². The van der Waals surface area contributed by atoms with Gasteiger partial charge in [0.05, 0.1) is 12.7 Å². The van der Waals surface area contributed by atoms with Crippen LogP contribution in [-0.2, 0) is 17.8 Å². The summed E-state index contributed by atoms with van der Waals surface area (Å²) in [6, 6.07) is 17.6. The molecule has 0 aliphatic heterocycles. The fraction of sp³-hybridized carbons (Fsp3) is 0.227. The lowest BCUT2D eigenvalue weighted by atomic mass is 10.1. The Morgan fingerprint density at radius 3 is 2.59 bits per heavy atom. The number of furan rings is 1. The third-order valence-electron chi connectivity index (χ3n) is 4.41. The second-order valence-electron chi connectivity index (χ2n) is 6.31. The summed E-state index contributed by atoms with van der Waals surface area (Å²) in [6.45, 7) is 0.474. The van der Waals surface area contributed by atoms with Crippen molar-refractivity contribution in [3.05, 3.63) is 77.8 Å². The van der Waals surface area contributed by atoms with Crippen molar-refractivity contribution >= 4 is 5.91 Å². The lowest BCUT2D eigenvalue weighted by Crippen LogP contribution is -2.26. The molecule has 27 heavy (non-hydrogen) atoms. The Bertz CT molecular complexity index is 919. The van der Waals surface area contributed by atoms with E-state index in [2.05, 4.69) is 0 Å². The quantitative estimate of drug-likeness (QED) is 0.609. The van der Waals surface area contributed by atoms with Crippen LogP contribution >= 0.6 is 0 Å². The van der Waals surface area contributed by atoms with Gasteiger partial charge in [-0.2, -0.15) is 0 Å².